The number of carbonyl (C=O) groups excluding carboxylic acids is 1. The Kier molecular flexibility index (Phi) is 32.9. The quantitative estimate of drug-likeness (QED) is 0.0657. The molecule has 0 radical (unpaired) electrons. The van der Waals surface area contributed by atoms with E-state index >= 15 is 0 Å². The monoisotopic (exact) mass is 584 g/mol. The van der Waals surface area contributed by atoms with Gasteiger partial charge in [0.05, 0.1) is 139 Å². The van der Waals surface area contributed by atoms with E-state index in [9.17, 15) is 4.79 Å². The average Bonchev–Trinajstić information content (AvgIpc) is 2.97. The number of allylic oxidation sites excluding steroid dienone is 1. The Morgan fingerprint density at radius 3 is 0.900 bits per heavy atom. The second kappa shape index (κ2) is 34.0. The summed E-state index contributed by atoms with van der Waals surface area (Å²) in [5.41, 5.74) is 0.582. The number of carbonyl (C=O) groups is 1. The first-order chi connectivity index (χ1) is 19.7. The SMILES string of the molecule is CC=C(C)C(=O)OCCOCCOCCOCCOCCOCCOCCOCCOCCOCCOCCO. The van der Waals surface area contributed by atoms with Crippen LogP contribution >= 0.6 is 0 Å². The molecule has 0 aromatic rings. The Labute approximate surface area is 239 Å². The van der Waals surface area contributed by atoms with Gasteiger partial charge in [-0.05, 0) is 13.8 Å². The number of hydrogen-bond donors (Lipinski definition) is 1. The van der Waals surface area contributed by atoms with Crippen LogP contribution in [0.4, 0.5) is 0 Å². The first-order valence-corrected chi connectivity index (χ1v) is 13.9. The van der Waals surface area contributed by atoms with E-state index in [1.165, 1.54) is 0 Å². The molecule has 0 heterocycles. The highest BCUT2D eigenvalue weighted by Crippen LogP contribution is 1.95. The third-order valence-electron chi connectivity index (χ3n) is 4.80. The molecule has 1 N–H and O–H groups in total. The van der Waals surface area contributed by atoms with Crippen LogP contribution in [0.5, 0.6) is 0 Å². The van der Waals surface area contributed by atoms with Gasteiger partial charge in [-0.3, -0.25) is 0 Å². The third-order valence-corrected chi connectivity index (χ3v) is 4.80. The lowest BCUT2D eigenvalue weighted by Gasteiger charge is -2.09. The number of esters is 1. The van der Waals surface area contributed by atoms with Crippen LogP contribution in [-0.4, -0.2) is 156 Å². The standard InChI is InChI=1S/C27H52O13/c1-3-26(2)27(29)40-25-24-39-23-22-38-21-20-37-19-18-36-17-16-35-15-14-34-13-12-33-11-10-32-9-8-31-7-6-30-5-4-28/h3,28H,4-25H2,1-2H3. The molecule has 0 aliphatic heterocycles. The highest BCUT2D eigenvalue weighted by Gasteiger charge is 2.03. The molecule has 0 aromatic carbocycles. The highest BCUT2D eigenvalue weighted by atomic mass is 16.6. The van der Waals surface area contributed by atoms with Crippen molar-refractivity contribution in [1.82, 2.24) is 0 Å². The number of rotatable bonds is 33. The zero-order chi connectivity index (χ0) is 29.2. The van der Waals surface area contributed by atoms with Gasteiger partial charge in [-0.1, -0.05) is 6.08 Å². The summed E-state index contributed by atoms with van der Waals surface area (Å²) in [5, 5.41) is 8.56. The number of aliphatic hydroxyl groups is 1. The van der Waals surface area contributed by atoms with Gasteiger partial charge in [-0.2, -0.15) is 0 Å². The molecule has 0 aliphatic rings. The van der Waals surface area contributed by atoms with Crippen LogP contribution in [0.25, 0.3) is 0 Å². The zero-order valence-electron chi connectivity index (χ0n) is 24.5. The van der Waals surface area contributed by atoms with Gasteiger partial charge >= 0.3 is 5.97 Å². The van der Waals surface area contributed by atoms with Crippen LogP contribution < -0.4 is 0 Å². The summed E-state index contributed by atoms with van der Waals surface area (Å²) in [4.78, 5) is 11.4. The minimum atomic E-state index is -0.323. The van der Waals surface area contributed by atoms with Crippen LogP contribution in [0.2, 0.25) is 0 Å². The minimum Gasteiger partial charge on any atom is -0.460 e. The lowest BCUT2D eigenvalue weighted by Crippen LogP contribution is -2.15. The Balaban J connectivity index is 3.08. The predicted molar refractivity (Wildman–Crippen MR) is 146 cm³/mol. The summed E-state index contributed by atoms with van der Waals surface area (Å²) in [6.45, 7) is 13.2. The summed E-state index contributed by atoms with van der Waals surface area (Å²) in [6, 6.07) is 0. The molecule has 0 fully saturated rings. The summed E-state index contributed by atoms with van der Waals surface area (Å²) >= 11 is 0. The van der Waals surface area contributed by atoms with Gasteiger partial charge in [-0.25, -0.2) is 4.79 Å². The Hall–Kier alpha value is -1.23. The van der Waals surface area contributed by atoms with E-state index in [4.69, 9.17) is 57.2 Å². The highest BCUT2D eigenvalue weighted by molar-refractivity contribution is 5.87. The van der Waals surface area contributed by atoms with Crippen LogP contribution in [0.15, 0.2) is 11.6 Å². The van der Waals surface area contributed by atoms with Gasteiger partial charge in [0, 0.05) is 5.57 Å². The van der Waals surface area contributed by atoms with Crippen molar-refractivity contribution in [3.8, 4) is 0 Å². The second-order valence-corrected chi connectivity index (χ2v) is 7.95. The Morgan fingerprint density at radius 1 is 0.450 bits per heavy atom. The number of ether oxygens (including phenoxy) is 11. The predicted octanol–water partition coefficient (Wildman–Crippen LogP) is 0.654. The molecule has 0 rings (SSSR count). The largest absolute Gasteiger partial charge is 0.460 e. The fourth-order valence-corrected chi connectivity index (χ4v) is 2.57. The maximum Gasteiger partial charge on any atom is 0.333 e. The molecule has 238 valence electrons. The summed E-state index contributed by atoms with van der Waals surface area (Å²) in [6.07, 6.45) is 1.71. The summed E-state index contributed by atoms with van der Waals surface area (Å²) < 4.78 is 58.7. The van der Waals surface area contributed by atoms with Gasteiger partial charge in [0.25, 0.3) is 0 Å². The summed E-state index contributed by atoms with van der Waals surface area (Å²) in [5.74, 6) is -0.323. The third kappa shape index (κ3) is 31.3. The van der Waals surface area contributed by atoms with Crippen molar-refractivity contribution in [2.24, 2.45) is 0 Å². The molecule has 13 heteroatoms. The summed E-state index contributed by atoms with van der Waals surface area (Å²) in [7, 11) is 0. The lowest BCUT2D eigenvalue weighted by molar-refractivity contribution is -0.140. The van der Waals surface area contributed by atoms with Crippen LogP contribution in [0.3, 0.4) is 0 Å². The minimum absolute atomic E-state index is 0.0229. The fourth-order valence-electron chi connectivity index (χ4n) is 2.57. The van der Waals surface area contributed by atoms with E-state index in [2.05, 4.69) is 0 Å². The molecular formula is C27H52O13. The first-order valence-electron chi connectivity index (χ1n) is 13.9. The second-order valence-electron chi connectivity index (χ2n) is 7.95. The van der Waals surface area contributed by atoms with Crippen molar-refractivity contribution in [3.05, 3.63) is 11.6 Å². The van der Waals surface area contributed by atoms with Crippen molar-refractivity contribution in [3.63, 3.8) is 0 Å². The van der Waals surface area contributed by atoms with Crippen LogP contribution in [0.1, 0.15) is 13.8 Å². The molecule has 0 saturated carbocycles. The molecule has 0 unspecified atom stereocenters. The van der Waals surface area contributed by atoms with E-state index in [1.807, 2.05) is 0 Å². The van der Waals surface area contributed by atoms with Crippen LogP contribution in [-0.2, 0) is 56.9 Å². The van der Waals surface area contributed by atoms with Gasteiger partial charge < -0.3 is 57.2 Å². The molecular weight excluding hydrogens is 532 g/mol. The van der Waals surface area contributed by atoms with Crippen LogP contribution in [0, 0.1) is 0 Å². The molecule has 0 amide bonds. The smallest absolute Gasteiger partial charge is 0.333 e. The number of aliphatic hydroxyl groups excluding tert-OH is 1. The molecule has 0 aliphatic carbocycles. The topological polar surface area (TPSA) is 139 Å². The van der Waals surface area contributed by atoms with Gasteiger partial charge in [0.1, 0.15) is 6.61 Å². The van der Waals surface area contributed by atoms with E-state index in [1.54, 1.807) is 19.9 Å². The van der Waals surface area contributed by atoms with Crippen molar-refractivity contribution in [2.75, 3.05) is 145 Å². The molecule has 13 nitrogen and oxygen atoms in total. The van der Waals surface area contributed by atoms with E-state index < -0.39 is 0 Å². The van der Waals surface area contributed by atoms with E-state index in [-0.39, 0.29) is 19.2 Å². The molecule has 0 spiro atoms. The molecule has 40 heavy (non-hydrogen) atoms. The van der Waals surface area contributed by atoms with Crippen molar-refractivity contribution < 1.29 is 62.0 Å². The molecule has 0 saturated heterocycles. The average molecular weight is 585 g/mol. The van der Waals surface area contributed by atoms with Gasteiger partial charge in [0.15, 0.2) is 0 Å². The maximum absolute atomic E-state index is 11.4. The first kappa shape index (κ1) is 38.8. The van der Waals surface area contributed by atoms with E-state index in [0.29, 0.717) is 138 Å². The van der Waals surface area contributed by atoms with E-state index in [0.717, 1.165) is 0 Å². The van der Waals surface area contributed by atoms with Gasteiger partial charge in [0.2, 0.25) is 0 Å². The molecule has 0 aromatic heterocycles. The lowest BCUT2D eigenvalue weighted by atomic mass is 10.3. The van der Waals surface area contributed by atoms with Crippen molar-refractivity contribution in [1.29, 1.82) is 0 Å². The molecule has 0 atom stereocenters. The van der Waals surface area contributed by atoms with Crippen molar-refractivity contribution >= 4 is 5.97 Å². The number of hydrogen-bond acceptors (Lipinski definition) is 13. The van der Waals surface area contributed by atoms with Gasteiger partial charge in [-0.15, -0.1) is 0 Å². The zero-order valence-corrected chi connectivity index (χ0v) is 24.5. The molecule has 0 bridgehead atoms. The fraction of sp³-hybridized carbons (Fsp3) is 0.889. The maximum atomic E-state index is 11.4. The Morgan fingerprint density at radius 2 is 0.675 bits per heavy atom. The Bertz CT molecular complexity index is 549. The van der Waals surface area contributed by atoms with Crippen molar-refractivity contribution in [2.45, 2.75) is 13.8 Å². The normalized spacial score (nSPS) is 11.8.